The molecule has 3 saturated heterocycles. The quantitative estimate of drug-likeness (QED) is 0.583. The summed E-state index contributed by atoms with van der Waals surface area (Å²) in [6.45, 7) is 9.95. The van der Waals surface area contributed by atoms with Crippen LogP contribution in [-0.2, 0) is 4.79 Å². The molecule has 0 spiro atoms. The first-order valence-electron chi connectivity index (χ1n) is 5.63. The van der Waals surface area contributed by atoms with Gasteiger partial charge in [-0.2, -0.15) is 0 Å². The van der Waals surface area contributed by atoms with Crippen LogP contribution in [0.1, 0.15) is 33.6 Å². The molecule has 4 rings (SSSR count). The number of hydrogen-bond acceptors (Lipinski definition) is 2. The summed E-state index contributed by atoms with van der Waals surface area (Å²) < 4.78 is 0. The molecule has 2 atom stereocenters. The Balaban J connectivity index is 2.12. The molecule has 14 heavy (non-hydrogen) atoms. The summed E-state index contributed by atoms with van der Waals surface area (Å²) in [5.74, 6) is 0.540. The van der Waals surface area contributed by atoms with E-state index in [1.54, 1.807) is 0 Å². The van der Waals surface area contributed by atoms with E-state index >= 15 is 0 Å². The third-order valence-corrected chi connectivity index (χ3v) is 4.48. The van der Waals surface area contributed by atoms with Gasteiger partial charge in [-0.25, -0.2) is 0 Å². The predicted octanol–water partition coefficient (Wildman–Crippen LogP) is 1.70. The van der Waals surface area contributed by atoms with Gasteiger partial charge in [-0.15, -0.1) is 0 Å². The summed E-state index contributed by atoms with van der Waals surface area (Å²) in [6.07, 6.45) is 2.23. The summed E-state index contributed by atoms with van der Waals surface area (Å²) in [5.41, 5.74) is 0.352. The van der Waals surface area contributed by atoms with Crippen molar-refractivity contribution in [1.82, 2.24) is 4.90 Å². The van der Waals surface area contributed by atoms with Crippen molar-refractivity contribution in [3.63, 3.8) is 0 Å². The number of hydrogen-bond donors (Lipinski definition) is 0. The van der Waals surface area contributed by atoms with Gasteiger partial charge in [0.2, 0.25) is 0 Å². The fourth-order valence-corrected chi connectivity index (χ4v) is 4.90. The molecular weight excluding hydrogens is 174 g/mol. The highest BCUT2D eigenvalue weighted by atomic mass is 16.1. The number of Topliss-reactive ketones (excluding diaryl/α,β-unsaturated/α-hetero) is 1. The molecule has 0 N–H and O–H groups in total. The monoisotopic (exact) mass is 193 g/mol. The molecule has 3 aliphatic heterocycles. The van der Waals surface area contributed by atoms with E-state index < -0.39 is 0 Å². The summed E-state index contributed by atoms with van der Waals surface area (Å²) in [6, 6.07) is 0. The van der Waals surface area contributed by atoms with Gasteiger partial charge in [0.25, 0.3) is 0 Å². The fourth-order valence-electron chi connectivity index (χ4n) is 4.90. The molecule has 0 aromatic carbocycles. The van der Waals surface area contributed by atoms with Crippen LogP contribution in [0.15, 0.2) is 0 Å². The summed E-state index contributed by atoms with van der Waals surface area (Å²) in [4.78, 5) is 14.8. The van der Waals surface area contributed by atoms with Crippen molar-refractivity contribution in [2.24, 2.45) is 16.2 Å². The van der Waals surface area contributed by atoms with Crippen LogP contribution >= 0.6 is 0 Å². The summed E-state index contributed by atoms with van der Waals surface area (Å²) in [7, 11) is 0. The van der Waals surface area contributed by atoms with Gasteiger partial charge in [-0.05, 0) is 18.3 Å². The Kier molecular flexibility index (Phi) is 1.32. The average Bonchev–Trinajstić information content (AvgIpc) is 1.95. The number of ketones is 1. The van der Waals surface area contributed by atoms with Gasteiger partial charge in [0.15, 0.2) is 0 Å². The predicted molar refractivity (Wildman–Crippen MR) is 55.0 cm³/mol. The SMILES string of the molecule is CC12CN3CC(C)(C1)C(=O)C(C)(C3)C2. The molecule has 78 valence electrons. The van der Waals surface area contributed by atoms with Crippen LogP contribution in [0.5, 0.6) is 0 Å². The Morgan fingerprint density at radius 3 is 1.93 bits per heavy atom. The van der Waals surface area contributed by atoms with E-state index in [9.17, 15) is 4.79 Å². The smallest absolute Gasteiger partial charge is 0.147 e. The number of carbonyl (C=O) groups excluding carboxylic acids is 1. The Morgan fingerprint density at radius 1 is 1.00 bits per heavy atom. The molecule has 1 aliphatic carbocycles. The maximum atomic E-state index is 12.3. The molecule has 2 unspecified atom stereocenters. The highest BCUT2D eigenvalue weighted by molar-refractivity contribution is 5.92. The van der Waals surface area contributed by atoms with Crippen molar-refractivity contribution in [2.75, 3.05) is 19.6 Å². The lowest BCUT2D eigenvalue weighted by atomic mass is 9.48. The summed E-state index contributed by atoms with van der Waals surface area (Å²) in [5, 5.41) is 0. The zero-order valence-electron chi connectivity index (χ0n) is 9.39. The fraction of sp³-hybridized carbons (Fsp3) is 0.917. The molecular formula is C12H19NO. The highest BCUT2D eigenvalue weighted by Crippen LogP contribution is 2.59. The highest BCUT2D eigenvalue weighted by Gasteiger charge is 2.63. The van der Waals surface area contributed by atoms with Crippen LogP contribution in [-0.4, -0.2) is 30.3 Å². The lowest BCUT2D eigenvalue weighted by Gasteiger charge is -2.64. The molecule has 4 fully saturated rings. The molecule has 3 heterocycles. The normalized spacial score (nSPS) is 60.8. The van der Waals surface area contributed by atoms with E-state index in [4.69, 9.17) is 0 Å². The molecule has 2 heteroatoms. The van der Waals surface area contributed by atoms with Crippen LogP contribution in [0, 0.1) is 16.2 Å². The van der Waals surface area contributed by atoms with Crippen molar-refractivity contribution in [3.05, 3.63) is 0 Å². The van der Waals surface area contributed by atoms with Crippen LogP contribution < -0.4 is 0 Å². The first kappa shape index (κ1) is 8.90. The first-order chi connectivity index (χ1) is 6.35. The number of rotatable bonds is 0. The van der Waals surface area contributed by atoms with E-state index in [2.05, 4.69) is 25.7 Å². The minimum absolute atomic E-state index is 0.0295. The Labute approximate surface area is 85.7 Å². The van der Waals surface area contributed by atoms with Crippen molar-refractivity contribution in [1.29, 1.82) is 0 Å². The lowest BCUT2D eigenvalue weighted by Crippen LogP contribution is -2.70. The van der Waals surface area contributed by atoms with E-state index in [-0.39, 0.29) is 10.8 Å². The molecule has 0 aromatic heterocycles. The molecule has 4 aliphatic rings. The van der Waals surface area contributed by atoms with Crippen LogP contribution in [0.3, 0.4) is 0 Å². The van der Waals surface area contributed by atoms with Gasteiger partial charge in [0, 0.05) is 30.5 Å². The minimum atomic E-state index is -0.0295. The van der Waals surface area contributed by atoms with Gasteiger partial charge in [0.1, 0.15) is 5.78 Å². The second-order valence-electron chi connectivity index (χ2n) is 6.76. The molecule has 0 amide bonds. The molecule has 0 aromatic rings. The zero-order chi connectivity index (χ0) is 10.2. The molecule has 0 radical (unpaired) electrons. The van der Waals surface area contributed by atoms with Crippen molar-refractivity contribution in [3.8, 4) is 0 Å². The lowest BCUT2D eigenvalue weighted by molar-refractivity contribution is -0.179. The van der Waals surface area contributed by atoms with Crippen molar-refractivity contribution >= 4 is 5.78 Å². The zero-order valence-corrected chi connectivity index (χ0v) is 9.39. The number of carbonyl (C=O) groups is 1. The Hall–Kier alpha value is -0.370. The van der Waals surface area contributed by atoms with Gasteiger partial charge in [-0.1, -0.05) is 20.8 Å². The maximum absolute atomic E-state index is 12.3. The van der Waals surface area contributed by atoms with Crippen molar-refractivity contribution in [2.45, 2.75) is 33.6 Å². The van der Waals surface area contributed by atoms with Crippen LogP contribution in [0.2, 0.25) is 0 Å². The second kappa shape index (κ2) is 2.08. The molecule has 1 saturated carbocycles. The van der Waals surface area contributed by atoms with E-state index in [0.717, 1.165) is 25.9 Å². The topological polar surface area (TPSA) is 20.3 Å². The van der Waals surface area contributed by atoms with Gasteiger partial charge < -0.3 is 4.90 Å². The van der Waals surface area contributed by atoms with E-state index in [1.165, 1.54) is 6.54 Å². The Bertz CT molecular complexity index is 300. The number of nitrogens with zero attached hydrogens (tertiary/aromatic N) is 1. The largest absolute Gasteiger partial charge is 0.301 e. The van der Waals surface area contributed by atoms with E-state index in [0.29, 0.717) is 11.2 Å². The molecule has 2 nitrogen and oxygen atoms in total. The number of piperidine rings is 3. The van der Waals surface area contributed by atoms with Gasteiger partial charge in [0.05, 0.1) is 0 Å². The average molecular weight is 193 g/mol. The van der Waals surface area contributed by atoms with Crippen LogP contribution in [0.4, 0.5) is 0 Å². The third-order valence-electron chi connectivity index (χ3n) is 4.48. The van der Waals surface area contributed by atoms with Crippen LogP contribution in [0.25, 0.3) is 0 Å². The van der Waals surface area contributed by atoms with Crippen molar-refractivity contribution < 1.29 is 4.79 Å². The minimum Gasteiger partial charge on any atom is -0.301 e. The Morgan fingerprint density at radius 2 is 1.50 bits per heavy atom. The van der Waals surface area contributed by atoms with Gasteiger partial charge in [-0.3, -0.25) is 4.79 Å². The summed E-state index contributed by atoms with van der Waals surface area (Å²) >= 11 is 0. The maximum Gasteiger partial charge on any atom is 0.147 e. The standard InChI is InChI=1S/C12H19NO/c1-10-4-11(2)7-13(6-10)8-12(3,5-10)9(11)14/h4-8H2,1-3H3. The second-order valence-corrected chi connectivity index (χ2v) is 6.76. The first-order valence-corrected chi connectivity index (χ1v) is 5.63. The van der Waals surface area contributed by atoms with Gasteiger partial charge >= 0.3 is 0 Å². The molecule has 4 bridgehead atoms. The van der Waals surface area contributed by atoms with E-state index in [1.807, 2.05) is 0 Å². The third kappa shape index (κ3) is 0.881.